The molecule has 0 aliphatic rings. The van der Waals surface area contributed by atoms with E-state index in [1.54, 1.807) is 0 Å². The first kappa shape index (κ1) is 12.1. The van der Waals surface area contributed by atoms with Crippen molar-refractivity contribution in [3.63, 3.8) is 0 Å². The maximum absolute atomic E-state index is 13.3. The minimum absolute atomic E-state index is 0.172. The Balaban J connectivity index is 3.11. The number of rotatable bonds is 3. The summed E-state index contributed by atoms with van der Waals surface area (Å²) in [5, 5.41) is 9.29. The third-order valence-corrected chi connectivity index (χ3v) is 2.71. The van der Waals surface area contributed by atoms with Crippen molar-refractivity contribution in [2.24, 2.45) is 0 Å². The molecule has 0 aliphatic carbocycles. The molecule has 0 saturated heterocycles. The summed E-state index contributed by atoms with van der Waals surface area (Å²) < 4.78 is 27.1. The van der Waals surface area contributed by atoms with E-state index < -0.39 is 17.7 Å². The SMILES string of the molecule is OC(CCI)c1c(F)ccc(Cl)c1F. The lowest BCUT2D eigenvalue weighted by molar-refractivity contribution is 0.166. The predicted molar refractivity (Wildman–Crippen MR) is 59.8 cm³/mol. The van der Waals surface area contributed by atoms with Gasteiger partial charge in [0.15, 0.2) is 5.82 Å². The second kappa shape index (κ2) is 5.23. The van der Waals surface area contributed by atoms with Crippen LogP contribution in [0.4, 0.5) is 8.78 Å². The van der Waals surface area contributed by atoms with Gasteiger partial charge in [0.25, 0.3) is 0 Å². The van der Waals surface area contributed by atoms with Crippen LogP contribution in [0.15, 0.2) is 12.1 Å². The van der Waals surface area contributed by atoms with Crippen molar-refractivity contribution in [1.82, 2.24) is 0 Å². The van der Waals surface area contributed by atoms with Crippen LogP contribution in [0.2, 0.25) is 5.02 Å². The van der Waals surface area contributed by atoms with Crippen molar-refractivity contribution in [3.05, 3.63) is 34.4 Å². The monoisotopic (exact) mass is 332 g/mol. The van der Waals surface area contributed by atoms with E-state index in [2.05, 4.69) is 0 Å². The van der Waals surface area contributed by atoms with E-state index in [9.17, 15) is 13.9 Å². The first-order valence-corrected chi connectivity index (χ1v) is 5.85. The summed E-state index contributed by atoms with van der Waals surface area (Å²) >= 11 is 7.50. The number of aliphatic hydroxyl groups is 1. The van der Waals surface area contributed by atoms with Gasteiger partial charge >= 0.3 is 0 Å². The Morgan fingerprint density at radius 1 is 1.43 bits per heavy atom. The standard InChI is InChI=1S/C9H8ClF2IO/c10-5-1-2-6(11)8(9(5)12)7(14)3-4-13/h1-2,7,14H,3-4H2. The van der Waals surface area contributed by atoms with Gasteiger partial charge in [-0.15, -0.1) is 0 Å². The molecule has 0 aromatic heterocycles. The molecule has 0 amide bonds. The Labute approximate surface area is 99.2 Å². The molecule has 1 rings (SSSR count). The van der Waals surface area contributed by atoms with Crippen LogP contribution in [-0.4, -0.2) is 9.53 Å². The fourth-order valence-corrected chi connectivity index (χ4v) is 1.85. The molecule has 5 heteroatoms. The van der Waals surface area contributed by atoms with Crippen LogP contribution < -0.4 is 0 Å². The van der Waals surface area contributed by atoms with Crippen LogP contribution in [0, 0.1) is 11.6 Å². The van der Waals surface area contributed by atoms with Gasteiger partial charge in [0.05, 0.1) is 16.7 Å². The zero-order chi connectivity index (χ0) is 10.7. The maximum Gasteiger partial charge on any atom is 0.150 e. The molecule has 1 aromatic rings. The Bertz CT molecular complexity index is 333. The quantitative estimate of drug-likeness (QED) is 0.510. The van der Waals surface area contributed by atoms with Crippen LogP contribution in [0.3, 0.4) is 0 Å². The minimum Gasteiger partial charge on any atom is -0.388 e. The molecule has 0 radical (unpaired) electrons. The molecule has 0 spiro atoms. The highest BCUT2D eigenvalue weighted by molar-refractivity contribution is 14.1. The smallest absolute Gasteiger partial charge is 0.150 e. The summed E-state index contributed by atoms with van der Waals surface area (Å²) in [6.07, 6.45) is -0.833. The molecule has 0 aliphatic heterocycles. The van der Waals surface area contributed by atoms with Gasteiger partial charge in [0, 0.05) is 4.43 Å². The number of aliphatic hydroxyl groups excluding tert-OH is 1. The topological polar surface area (TPSA) is 20.2 Å². The Morgan fingerprint density at radius 2 is 2.07 bits per heavy atom. The van der Waals surface area contributed by atoms with E-state index >= 15 is 0 Å². The highest BCUT2D eigenvalue weighted by atomic mass is 127. The first-order valence-electron chi connectivity index (χ1n) is 3.95. The molecule has 0 heterocycles. The van der Waals surface area contributed by atoms with Crippen molar-refractivity contribution in [2.75, 3.05) is 4.43 Å². The van der Waals surface area contributed by atoms with E-state index in [-0.39, 0.29) is 10.6 Å². The van der Waals surface area contributed by atoms with Crippen molar-refractivity contribution < 1.29 is 13.9 Å². The maximum atomic E-state index is 13.3. The second-order valence-electron chi connectivity index (χ2n) is 2.75. The van der Waals surface area contributed by atoms with Crippen LogP contribution in [0.5, 0.6) is 0 Å². The van der Waals surface area contributed by atoms with Gasteiger partial charge in [-0.1, -0.05) is 34.2 Å². The highest BCUT2D eigenvalue weighted by Crippen LogP contribution is 2.28. The number of alkyl halides is 1. The van der Waals surface area contributed by atoms with Crippen molar-refractivity contribution >= 4 is 34.2 Å². The zero-order valence-corrected chi connectivity index (χ0v) is 10.0. The van der Waals surface area contributed by atoms with Gasteiger partial charge in [0.2, 0.25) is 0 Å². The first-order chi connectivity index (χ1) is 6.57. The second-order valence-corrected chi connectivity index (χ2v) is 4.24. The highest BCUT2D eigenvalue weighted by Gasteiger charge is 2.19. The summed E-state index contributed by atoms with van der Waals surface area (Å²) in [7, 11) is 0. The molecule has 0 bridgehead atoms. The normalized spacial score (nSPS) is 12.9. The summed E-state index contributed by atoms with van der Waals surface area (Å²) in [6, 6.07) is 2.18. The van der Waals surface area contributed by atoms with Crippen LogP contribution in [0.1, 0.15) is 18.1 Å². The molecule has 0 saturated carbocycles. The number of benzene rings is 1. The fraction of sp³-hybridized carbons (Fsp3) is 0.333. The molecule has 1 nitrogen and oxygen atoms in total. The molecule has 1 N–H and O–H groups in total. The number of hydrogen-bond donors (Lipinski definition) is 1. The van der Waals surface area contributed by atoms with Gasteiger partial charge < -0.3 is 5.11 Å². The molecule has 0 fully saturated rings. The Hall–Kier alpha value is 0.0600. The Kier molecular flexibility index (Phi) is 4.53. The average Bonchev–Trinajstić information content (AvgIpc) is 2.13. The van der Waals surface area contributed by atoms with Crippen molar-refractivity contribution in [1.29, 1.82) is 0 Å². The van der Waals surface area contributed by atoms with Gasteiger partial charge in [0.1, 0.15) is 5.82 Å². The summed E-state index contributed by atoms with van der Waals surface area (Å²) in [5.74, 6) is -1.63. The van der Waals surface area contributed by atoms with Crippen molar-refractivity contribution in [2.45, 2.75) is 12.5 Å². The van der Waals surface area contributed by atoms with E-state index in [1.807, 2.05) is 22.6 Å². The lowest BCUT2D eigenvalue weighted by atomic mass is 10.1. The van der Waals surface area contributed by atoms with Crippen molar-refractivity contribution in [3.8, 4) is 0 Å². The molecule has 1 aromatic carbocycles. The Morgan fingerprint density at radius 3 is 2.64 bits per heavy atom. The predicted octanol–water partition coefficient (Wildman–Crippen LogP) is 3.48. The summed E-state index contributed by atoms with van der Waals surface area (Å²) in [4.78, 5) is 0. The average molecular weight is 333 g/mol. The van der Waals surface area contributed by atoms with Crippen LogP contribution in [-0.2, 0) is 0 Å². The van der Waals surface area contributed by atoms with E-state index in [0.29, 0.717) is 10.8 Å². The largest absolute Gasteiger partial charge is 0.388 e. The summed E-state index contributed by atoms with van der Waals surface area (Å²) in [5.41, 5.74) is -0.339. The van der Waals surface area contributed by atoms with Crippen LogP contribution in [0.25, 0.3) is 0 Å². The third-order valence-electron chi connectivity index (χ3n) is 1.80. The van der Waals surface area contributed by atoms with Gasteiger partial charge in [-0.05, 0) is 18.6 Å². The molecule has 1 atom stereocenters. The van der Waals surface area contributed by atoms with Gasteiger partial charge in [-0.25, -0.2) is 8.78 Å². The zero-order valence-electron chi connectivity index (χ0n) is 7.11. The minimum atomic E-state index is -1.13. The summed E-state index contributed by atoms with van der Waals surface area (Å²) in [6.45, 7) is 0. The van der Waals surface area contributed by atoms with Gasteiger partial charge in [-0.2, -0.15) is 0 Å². The molecule has 1 unspecified atom stereocenters. The lowest BCUT2D eigenvalue weighted by Crippen LogP contribution is -2.05. The molecule has 78 valence electrons. The third kappa shape index (κ3) is 2.55. The fourth-order valence-electron chi connectivity index (χ4n) is 1.10. The van der Waals surface area contributed by atoms with Gasteiger partial charge in [-0.3, -0.25) is 0 Å². The molecular formula is C9H8ClF2IO. The number of halogens is 4. The van der Waals surface area contributed by atoms with E-state index in [4.69, 9.17) is 11.6 Å². The lowest BCUT2D eigenvalue weighted by Gasteiger charge is -2.11. The molecular weight excluding hydrogens is 324 g/mol. The van der Waals surface area contributed by atoms with E-state index in [0.717, 1.165) is 12.1 Å². The van der Waals surface area contributed by atoms with Crippen LogP contribution >= 0.6 is 34.2 Å². The van der Waals surface area contributed by atoms with E-state index in [1.165, 1.54) is 0 Å². The molecule has 14 heavy (non-hydrogen) atoms. The number of hydrogen-bond acceptors (Lipinski definition) is 1.